The number of ether oxygens (including phenoxy) is 2. The first-order valence-electron chi connectivity index (χ1n) is 8.57. The van der Waals surface area contributed by atoms with E-state index in [0.717, 1.165) is 6.07 Å². The highest BCUT2D eigenvalue weighted by Crippen LogP contribution is 2.38. The van der Waals surface area contributed by atoms with Crippen LogP contribution in [0.5, 0.6) is 5.75 Å². The van der Waals surface area contributed by atoms with Crippen molar-refractivity contribution in [3.8, 4) is 5.75 Å². The van der Waals surface area contributed by atoms with Gasteiger partial charge in [-0.2, -0.15) is 13.2 Å². The minimum Gasteiger partial charge on any atom is -0.496 e. The number of amides is 1. The quantitative estimate of drug-likeness (QED) is 0.685. The summed E-state index contributed by atoms with van der Waals surface area (Å²) in [6.07, 6.45) is -3.65. The highest BCUT2D eigenvalue weighted by atomic mass is 19.4. The van der Waals surface area contributed by atoms with Crippen molar-refractivity contribution in [2.24, 2.45) is 11.8 Å². The first-order valence-corrected chi connectivity index (χ1v) is 8.57. The van der Waals surface area contributed by atoms with Crippen molar-refractivity contribution >= 4 is 11.6 Å². The van der Waals surface area contributed by atoms with Gasteiger partial charge in [0.15, 0.2) is 0 Å². The number of methoxy groups -OCH3 is 2. The molecule has 0 fully saturated rings. The molecule has 0 heterocycles. The average Bonchev–Trinajstić information content (AvgIpc) is 2.52. The molecule has 0 radical (unpaired) electrons. The van der Waals surface area contributed by atoms with Crippen LogP contribution in [0.25, 0.3) is 0 Å². The lowest BCUT2D eigenvalue weighted by atomic mass is 9.84. The van der Waals surface area contributed by atoms with Gasteiger partial charge in [-0.3, -0.25) is 4.79 Å². The molecule has 1 N–H and O–H groups in total. The number of alkyl halides is 3. The summed E-state index contributed by atoms with van der Waals surface area (Å²) in [4.78, 5) is 12.9. The predicted octanol–water partition coefficient (Wildman–Crippen LogP) is 5.13. The lowest BCUT2D eigenvalue weighted by molar-refractivity contribution is -0.142. The lowest BCUT2D eigenvalue weighted by Crippen LogP contribution is -2.47. The van der Waals surface area contributed by atoms with Gasteiger partial charge in [0, 0.05) is 12.8 Å². The number of hydrogen-bond donors (Lipinski definition) is 1. The zero-order chi connectivity index (χ0) is 20.1. The van der Waals surface area contributed by atoms with Gasteiger partial charge < -0.3 is 14.8 Å². The number of rotatable bonds is 8. The Hall–Kier alpha value is -1.76. The van der Waals surface area contributed by atoms with Crippen molar-refractivity contribution in [3.63, 3.8) is 0 Å². The van der Waals surface area contributed by atoms with E-state index in [1.165, 1.54) is 26.4 Å². The van der Waals surface area contributed by atoms with E-state index in [1.807, 2.05) is 27.7 Å². The minimum atomic E-state index is -4.58. The minimum absolute atomic E-state index is 0.0528. The number of carbonyl (C=O) groups is 1. The Kier molecular flexibility index (Phi) is 7.50. The second-order valence-corrected chi connectivity index (χ2v) is 7.26. The Labute approximate surface area is 153 Å². The fourth-order valence-corrected chi connectivity index (χ4v) is 3.10. The summed E-state index contributed by atoms with van der Waals surface area (Å²) in [5.41, 5.74) is -1.98. The third-order valence-corrected chi connectivity index (χ3v) is 4.04. The van der Waals surface area contributed by atoms with Crippen LogP contribution < -0.4 is 10.1 Å². The summed E-state index contributed by atoms with van der Waals surface area (Å²) in [7, 11) is 2.63. The summed E-state index contributed by atoms with van der Waals surface area (Å²) < 4.78 is 49.9. The van der Waals surface area contributed by atoms with Crippen LogP contribution in [0.15, 0.2) is 18.2 Å². The number of carbonyl (C=O) groups excluding carboxylic acids is 1. The van der Waals surface area contributed by atoms with Gasteiger partial charge in [-0.05, 0) is 42.9 Å². The summed E-state index contributed by atoms with van der Waals surface area (Å²) in [5, 5.41) is 2.59. The molecule has 0 unspecified atom stereocenters. The second-order valence-electron chi connectivity index (χ2n) is 7.26. The molecule has 0 aromatic heterocycles. The van der Waals surface area contributed by atoms with Gasteiger partial charge in [0.25, 0.3) is 5.91 Å². The molecule has 0 saturated heterocycles. The largest absolute Gasteiger partial charge is 0.496 e. The Morgan fingerprint density at radius 3 is 2.00 bits per heavy atom. The van der Waals surface area contributed by atoms with E-state index < -0.39 is 23.2 Å². The van der Waals surface area contributed by atoms with E-state index in [-0.39, 0.29) is 23.3 Å². The monoisotopic (exact) mass is 375 g/mol. The molecule has 0 aliphatic rings. The maximum Gasteiger partial charge on any atom is 0.420 e. The standard InChI is InChI=1S/C19H28F3NO3/c1-12(2)10-18(26-6,11-13(3)4)17(24)23-14-7-8-16(25-5)15(9-14)19(20,21)22/h7-9,12-13H,10-11H2,1-6H3,(H,23,24). The number of anilines is 1. The van der Waals surface area contributed by atoms with Crippen LogP contribution in [0, 0.1) is 11.8 Å². The predicted molar refractivity (Wildman–Crippen MR) is 95.3 cm³/mol. The molecule has 1 aromatic carbocycles. The molecule has 148 valence electrons. The number of hydrogen-bond acceptors (Lipinski definition) is 3. The molecule has 1 amide bonds. The summed E-state index contributed by atoms with van der Waals surface area (Å²) in [6, 6.07) is 3.46. The molecule has 0 aliphatic carbocycles. The molecular weight excluding hydrogens is 347 g/mol. The van der Waals surface area contributed by atoms with Crippen LogP contribution in [0.1, 0.15) is 46.1 Å². The van der Waals surface area contributed by atoms with Crippen molar-refractivity contribution < 1.29 is 27.4 Å². The summed E-state index contributed by atoms with van der Waals surface area (Å²) in [5.74, 6) is -0.374. The number of halogens is 3. The van der Waals surface area contributed by atoms with Gasteiger partial charge in [-0.25, -0.2) is 0 Å². The fraction of sp³-hybridized carbons (Fsp3) is 0.632. The van der Waals surface area contributed by atoms with Crippen LogP contribution in [0.2, 0.25) is 0 Å². The van der Waals surface area contributed by atoms with Crippen molar-refractivity contribution in [3.05, 3.63) is 23.8 Å². The van der Waals surface area contributed by atoms with E-state index >= 15 is 0 Å². The highest BCUT2D eigenvalue weighted by Gasteiger charge is 2.40. The smallest absolute Gasteiger partial charge is 0.420 e. The van der Waals surface area contributed by atoms with Crippen molar-refractivity contribution in [2.45, 2.75) is 52.3 Å². The number of benzene rings is 1. The fourth-order valence-electron chi connectivity index (χ4n) is 3.10. The molecule has 1 aromatic rings. The zero-order valence-electron chi connectivity index (χ0n) is 16.2. The van der Waals surface area contributed by atoms with Gasteiger partial charge in [0.1, 0.15) is 11.4 Å². The van der Waals surface area contributed by atoms with E-state index in [2.05, 4.69) is 5.32 Å². The summed E-state index contributed by atoms with van der Waals surface area (Å²) in [6.45, 7) is 7.88. The third-order valence-electron chi connectivity index (χ3n) is 4.04. The Balaban J connectivity index is 3.20. The Morgan fingerprint density at radius 1 is 1.08 bits per heavy atom. The Morgan fingerprint density at radius 2 is 1.62 bits per heavy atom. The van der Waals surface area contributed by atoms with Gasteiger partial charge >= 0.3 is 6.18 Å². The molecule has 0 aliphatic heterocycles. The Bertz CT molecular complexity index is 603. The molecular formula is C19H28F3NO3. The van der Waals surface area contributed by atoms with E-state index in [9.17, 15) is 18.0 Å². The third kappa shape index (κ3) is 5.62. The van der Waals surface area contributed by atoms with Gasteiger partial charge in [0.05, 0.1) is 12.7 Å². The first-order chi connectivity index (χ1) is 11.9. The van der Waals surface area contributed by atoms with Gasteiger partial charge in [0.2, 0.25) is 0 Å². The maximum atomic E-state index is 13.2. The highest BCUT2D eigenvalue weighted by molar-refractivity contribution is 5.97. The molecule has 4 nitrogen and oxygen atoms in total. The van der Waals surface area contributed by atoms with Crippen molar-refractivity contribution in [1.82, 2.24) is 0 Å². The van der Waals surface area contributed by atoms with E-state index in [4.69, 9.17) is 9.47 Å². The lowest BCUT2D eigenvalue weighted by Gasteiger charge is -2.34. The number of nitrogens with one attached hydrogen (secondary N) is 1. The average molecular weight is 375 g/mol. The molecule has 0 bridgehead atoms. The summed E-state index contributed by atoms with van der Waals surface area (Å²) >= 11 is 0. The van der Waals surface area contributed by atoms with Gasteiger partial charge in [-0.1, -0.05) is 27.7 Å². The van der Waals surface area contributed by atoms with E-state index in [0.29, 0.717) is 12.8 Å². The SMILES string of the molecule is COc1ccc(NC(=O)C(CC(C)C)(CC(C)C)OC)cc1C(F)(F)F. The molecule has 0 saturated carbocycles. The van der Waals surface area contributed by atoms with Gasteiger partial charge in [-0.15, -0.1) is 0 Å². The van der Waals surface area contributed by atoms with Crippen LogP contribution in [0.3, 0.4) is 0 Å². The van der Waals surface area contributed by atoms with E-state index in [1.54, 1.807) is 0 Å². The van der Waals surface area contributed by atoms with Crippen LogP contribution in [-0.4, -0.2) is 25.7 Å². The van der Waals surface area contributed by atoms with Crippen molar-refractivity contribution in [1.29, 1.82) is 0 Å². The maximum absolute atomic E-state index is 13.2. The zero-order valence-corrected chi connectivity index (χ0v) is 16.2. The normalized spacial score (nSPS) is 12.6. The molecule has 7 heteroatoms. The first kappa shape index (κ1) is 22.3. The molecule has 26 heavy (non-hydrogen) atoms. The molecule has 1 rings (SSSR count). The van der Waals surface area contributed by atoms with Crippen LogP contribution in [-0.2, 0) is 15.7 Å². The topological polar surface area (TPSA) is 47.6 Å². The molecule has 0 spiro atoms. The van der Waals surface area contributed by atoms with Crippen LogP contribution >= 0.6 is 0 Å². The molecule has 0 atom stereocenters. The van der Waals surface area contributed by atoms with Crippen LogP contribution in [0.4, 0.5) is 18.9 Å². The van der Waals surface area contributed by atoms with Crippen molar-refractivity contribution in [2.75, 3.05) is 19.5 Å². The second kappa shape index (κ2) is 8.75.